The van der Waals surface area contributed by atoms with Crippen LogP contribution in [0.1, 0.15) is 44.1 Å². The van der Waals surface area contributed by atoms with E-state index in [1.807, 2.05) is 36.4 Å². The van der Waals surface area contributed by atoms with Crippen molar-refractivity contribution in [3.63, 3.8) is 0 Å². The van der Waals surface area contributed by atoms with E-state index in [0.717, 1.165) is 45.6 Å². The molecule has 4 aliphatic carbocycles. The minimum absolute atomic E-state index is 0.399. The highest BCUT2D eigenvalue weighted by molar-refractivity contribution is 6.11. The lowest BCUT2D eigenvalue weighted by Gasteiger charge is -2.57. The van der Waals surface area contributed by atoms with E-state index in [0.29, 0.717) is 22.9 Å². The summed E-state index contributed by atoms with van der Waals surface area (Å²) in [6.07, 6.45) is 8.59. The first-order valence-corrected chi connectivity index (χ1v) is 20.7. The van der Waals surface area contributed by atoms with Gasteiger partial charge in [0.05, 0.1) is 11.0 Å². The van der Waals surface area contributed by atoms with Crippen LogP contribution in [-0.4, -0.2) is 19.5 Å². The van der Waals surface area contributed by atoms with Gasteiger partial charge in [-0.1, -0.05) is 121 Å². The fourth-order valence-electron chi connectivity index (χ4n) is 11.4. The largest absolute Gasteiger partial charge is 0.309 e. The first kappa shape index (κ1) is 32.8. The zero-order chi connectivity index (χ0) is 37.5. The molecule has 2 heterocycles. The summed E-state index contributed by atoms with van der Waals surface area (Å²) in [5.41, 5.74) is 10.8. The molecule has 4 heteroatoms. The van der Waals surface area contributed by atoms with Gasteiger partial charge in [-0.25, -0.2) is 15.0 Å². The van der Waals surface area contributed by atoms with Gasteiger partial charge in [0.15, 0.2) is 17.5 Å². The average molecular weight is 735 g/mol. The quantitative estimate of drug-likeness (QED) is 0.171. The first-order valence-electron chi connectivity index (χ1n) is 20.7. The normalized spacial score (nSPS) is 21.2. The third kappa shape index (κ3) is 5.53. The van der Waals surface area contributed by atoms with Crippen LogP contribution in [0.5, 0.6) is 0 Å². The Labute approximate surface area is 332 Å². The van der Waals surface area contributed by atoms with E-state index in [4.69, 9.17) is 15.0 Å². The van der Waals surface area contributed by atoms with Crippen molar-refractivity contribution < 1.29 is 0 Å². The summed E-state index contributed by atoms with van der Waals surface area (Å²) >= 11 is 0. The van der Waals surface area contributed by atoms with Gasteiger partial charge in [0.2, 0.25) is 0 Å². The maximum Gasteiger partial charge on any atom is 0.164 e. The average Bonchev–Trinajstić information content (AvgIpc) is 3.59. The maximum absolute atomic E-state index is 5.10. The Morgan fingerprint density at radius 2 is 0.895 bits per heavy atom. The molecule has 0 amide bonds. The van der Waals surface area contributed by atoms with Gasteiger partial charge < -0.3 is 4.57 Å². The molecule has 9 aromatic rings. The van der Waals surface area contributed by atoms with Crippen molar-refractivity contribution >= 4 is 32.6 Å². The molecule has 0 unspecified atom stereocenters. The first-order chi connectivity index (χ1) is 28.1. The molecule has 0 atom stereocenters. The molecule has 4 saturated carbocycles. The number of rotatable bonds is 6. The Morgan fingerprint density at radius 1 is 0.404 bits per heavy atom. The summed E-state index contributed by atoms with van der Waals surface area (Å²) in [7, 11) is 0. The molecule has 0 aliphatic heterocycles. The van der Waals surface area contributed by atoms with Crippen LogP contribution >= 0.6 is 0 Å². The van der Waals surface area contributed by atoms with Crippen molar-refractivity contribution in [1.82, 2.24) is 19.5 Å². The molecular formula is C53H42N4. The fourth-order valence-corrected chi connectivity index (χ4v) is 11.4. The van der Waals surface area contributed by atoms with Gasteiger partial charge in [-0.3, -0.25) is 0 Å². The van der Waals surface area contributed by atoms with Crippen molar-refractivity contribution in [3.8, 4) is 51.0 Å². The predicted octanol–water partition coefficient (Wildman–Crippen LogP) is 13.3. The van der Waals surface area contributed by atoms with E-state index < -0.39 is 0 Å². The number of nitrogens with zero attached hydrogens (tertiary/aromatic N) is 4. The van der Waals surface area contributed by atoms with Crippen molar-refractivity contribution in [3.05, 3.63) is 169 Å². The Bertz CT molecular complexity index is 2890. The molecule has 274 valence electrons. The van der Waals surface area contributed by atoms with Crippen molar-refractivity contribution in [2.24, 2.45) is 17.8 Å². The molecular weight excluding hydrogens is 693 g/mol. The summed E-state index contributed by atoms with van der Waals surface area (Å²) in [5, 5.41) is 4.85. The smallest absolute Gasteiger partial charge is 0.164 e. The molecule has 4 bridgehead atoms. The lowest BCUT2D eigenvalue weighted by Crippen LogP contribution is -2.48. The number of hydrogen-bond acceptors (Lipinski definition) is 3. The summed E-state index contributed by atoms with van der Waals surface area (Å²) in [6.45, 7) is 0. The highest BCUT2D eigenvalue weighted by atomic mass is 15.0. The second-order valence-electron chi connectivity index (χ2n) is 17.1. The van der Waals surface area contributed by atoms with Gasteiger partial charge in [-0.2, -0.15) is 0 Å². The van der Waals surface area contributed by atoms with Crippen LogP contribution in [0.15, 0.2) is 164 Å². The lowest BCUT2D eigenvalue weighted by atomic mass is 9.48. The van der Waals surface area contributed by atoms with Gasteiger partial charge in [0.25, 0.3) is 0 Å². The van der Waals surface area contributed by atoms with Crippen LogP contribution in [0.3, 0.4) is 0 Å². The number of hydrogen-bond donors (Lipinski definition) is 0. The number of fused-ring (bicyclic) bond motifs is 4. The highest BCUT2D eigenvalue weighted by Gasteiger charge is 2.51. The third-order valence-electron chi connectivity index (χ3n) is 13.6. The van der Waals surface area contributed by atoms with E-state index in [2.05, 4.69) is 132 Å². The molecule has 0 N–H and O–H groups in total. The predicted molar refractivity (Wildman–Crippen MR) is 233 cm³/mol. The zero-order valence-electron chi connectivity index (χ0n) is 31.9. The minimum atomic E-state index is 0.399. The second-order valence-corrected chi connectivity index (χ2v) is 17.1. The lowest BCUT2D eigenvalue weighted by molar-refractivity contribution is -0.00518. The van der Waals surface area contributed by atoms with E-state index in [-0.39, 0.29) is 0 Å². The minimum Gasteiger partial charge on any atom is -0.309 e. The van der Waals surface area contributed by atoms with E-state index in [1.165, 1.54) is 76.7 Å². The molecule has 0 radical (unpaired) electrons. The van der Waals surface area contributed by atoms with Crippen molar-refractivity contribution in [2.45, 2.75) is 43.9 Å². The van der Waals surface area contributed by atoms with Crippen LogP contribution < -0.4 is 0 Å². The summed E-state index contributed by atoms with van der Waals surface area (Å²) < 4.78 is 2.42. The van der Waals surface area contributed by atoms with Crippen LogP contribution in [-0.2, 0) is 5.41 Å². The molecule has 0 spiro atoms. The molecule has 4 fully saturated rings. The van der Waals surface area contributed by atoms with E-state index >= 15 is 0 Å². The van der Waals surface area contributed by atoms with Gasteiger partial charge in [-0.15, -0.1) is 0 Å². The standard InChI is InChI=1S/C53H42N4/c1-3-10-39(11-4-1)50-54-51(40-12-5-2-6-13-40)56-52(55-50)43-19-24-49-47(30-43)46-29-42(18-23-48(46)57(49)45-22-17-37-9-7-8-14-41(37)28-45)38-15-20-44(21-16-38)53-31-34-25-35(32-53)27-36(26-34)33-53/h1-24,28-30,34-36H,25-27,31-33H2. The zero-order valence-corrected chi connectivity index (χ0v) is 31.9. The Balaban J connectivity index is 1.02. The third-order valence-corrected chi connectivity index (χ3v) is 13.6. The Morgan fingerprint density at radius 3 is 1.49 bits per heavy atom. The van der Waals surface area contributed by atoms with Gasteiger partial charge >= 0.3 is 0 Å². The summed E-state index contributed by atoms with van der Waals surface area (Å²) in [4.78, 5) is 15.2. The van der Waals surface area contributed by atoms with Gasteiger partial charge in [-0.05, 0) is 132 Å². The molecule has 7 aromatic carbocycles. The highest BCUT2D eigenvalue weighted by Crippen LogP contribution is 2.60. The number of aromatic nitrogens is 4. The molecule has 4 aliphatic rings. The van der Waals surface area contributed by atoms with Gasteiger partial charge in [0, 0.05) is 33.2 Å². The molecule has 4 nitrogen and oxygen atoms in total. The van der Waals surface area contributed by atoms with Crippen LogP contribution in [0, 0.1) is 17.8 Å². The number of benzene rings is 7. The van der Waals surface area contributed by atoms with Crippen molar-refractivity contribution in [2.75, 3.05) is 0 Å². The Kier molecular flexibility index (Phi) is 7.38. The summed E-state index contributed by atoms with van der Waals surface area (Å²) in [6, 6.07) is 59.3. The van der Waals surface area contributed by atoms with Crippen LogP contribution in [0.4, 0.5) is 0 Å². The Hall–Kier alpha value is -6.39. The fraction of sp³-hybridized carbons (Fsp3) is 0.189. The van der Waals surface area contributed by atoms with E-state index in [9.17, 15) is 0 Å². The summed E-state index contributed by atoms with van der Waals surface area (Å²) in [5.74, 6) is 4.81. The SMILES string of the molecule is c1ccc(-c2nc(-c3ccccc3)nc(-c3ccc4c(c3)c3cc(-c5ccc(C67CC8CC(CC(C8)C6)C7)cc5)ccc3n4-c3ccc4ccccc4c3)n2)cc1. The molecule has 2 aromatic heterocycles. The molecule has 0 saturated heterocycles. The molecule has 13 rings (SSSR count). The monoisotopic (exact) mass is 734 g/mol. The molecule has 57 heavy (non-hydrogen) atoms. The van der Waals surface area contributed by atoms with E-state index in [1.54, 1.807) is 5.56 Å². The van der Waals surface area contributed by atoms with Crippen LogP contribution in [0.25, 0.3) is 83.6 Å². The maximum atomic E-state index is 5.10. The van der Waals surface area contributed by atoms with Gasteiger partial charge in [0.1, 0.15) is 0 Å². The van der Waals surface area contributed by atoms with Crippen molar-refractivity contribution in [1.29, 1.82) is 0 Å². The van der Waals surface area contributed by atoms with Crippen LogP contribution in [0.2, 0.25) is 0 Å². The topological polar surface area (TPSA) is 43.6 Å². The second kappa shape index (κ2) is 12.8.